The first-order chi connectivity index (χ1) is 8.50. The van der Waals surface area contributed by atoms with E-state index in [0.29, 0.717) is 0 Å². The van der Waals surface area contributed by atoms with Crippen molar-refractivity contribution < 1.29 is 114 Å². The fraction of sp³-hybridized carbons (Fsp3) is 0.500. The topological polar surface area (TPSA) is 216 Å². The van der Waals surface area contributed by atoms with Crippen molar-refractivity contribution in [3.8, 4) is 0 Å². The predicted octanol–water partition coefficient (Wildman–Crippen LogP) is -11.9. The number of carbonyl (C=O) groups excluding carboxylic acids is 2. The molecule has 13 heteroatoms. The molecule has 0 aromatic carbocycles. The Labute approximate surface area is 161 Å². The van der Waals surface area contributed by atoms with Crippen molar-refractivity contribution >= 4 is 23.9 Å². The Bertz CT molecular complexity index is 340. The molecule has 11 nitrogen and oxygen atoms in total. The Morgan fingerprint density at radius 3 is 1.19 bits per heavy atom. The minimum atomic E-state index is -2.27. The van der Waals surface area contributed by atoms with E-state index < -0.39 is 48.6 Å². The van der Waals surface area contributed by atoms with Gasteiger partial charge in [-0.15, -0.1) is 0 Å². The van der Waals surface area contributed by atoms with Crippen LogP contribution in [0.3, 0.4) is 0 Å². The number of carboxylic acid groups (broad SMARTS) is 4. The molecule has 0 saturated heterocycles. The molecular formula is C8H10Na2O11. The van der Waals surface area contributed by atoms with E-state index >= 15 is 0 Å². The molecule has 0 bridgehead atoms. The van der Waals surface area contributed by atoms with Crippen LogP contribution in [0.25, 0.3) is 0 Å². The number of rotatable bonds is 6. The molecule has 0 saturated carbocycles. The monoisotopic (exact) mass is 328 g/mol. The Morgan fingerprint density at radius 1 is 0.810 bits per heavy atom. The third-order valence-electron chi connectivity index (χ3n) is 1.44. The van der Waals surface area contributed by atoms with Gasteiger partial charge in [0.2, 0.25) is 0 Å². The van der Waals surface area contributed by atoms with Crippen molar-refractivity contribution in [3.05, 3.63) is 0 Å². The molecule has 0 rings (SSSR count). The smallest absolute Gasteiger partial charge is 0.550 e. The van der Waals surface area contributed by atoms with Gasteiger partial charge in [-0.2, -0.15) is 0 Å². The van der Waals surface area contributed by atoms with Crippen LogP contribution < -0.4 is 69.3 Å². The molecular weight excluding hydrogens is 318 g/mol. The minimum absolute atomic E-state index is 0. The van der Waals surface area contributed by atoms with Crippen molar-refractivity contribution in [1.29, 1.82) is 0 Å². The summed E-state index contributed by atoms with van der Waals surface area (Å²) in [6.45, 7) is 0. The largest absolute Gasteiger partial charge is 1.00 e. The zero-order valence-electron chi connectivity index (χ0n) is 11.1. The maximum Gasteiger partial charge on any atom is 1.00 e. The zero-order valence-corrected chi connectivity index (χ0v) is 15.1. The van der Waals surface area contributed by atoms with Crippen LogP contribution in [-0.4, -0.2) is 67.7 Å². The number of hydrogen-bond donors (Lipinski definition) is 5. The van der Waals surface area contributed by atoms with Gasteiger partial charge < -0.3 is 45.3 Å². The summed E-state index contributed by atoms with van der Waals surface area (Å²) in [5.74, 6) is -6.96. The van der Waals surface area contributed by atoms with Crippen LogP contribution in [0.1, 0.15) is 6.42 Å². The van der Waals surface area contributed by atoms with E-state index in [0.717, 1.165) is 0 Å². The van der Waals surface area contributed by atoms with Gasteiger partial charge in [0.05, 0.1) is 12.1 Å². The van der Waals surface area contributed by atoms with Gasteiger partial charge in [0, 0.05) is 12.4 Å². The molecule has 0 fully saturated rings. The first-order valence-corrected chi connectivity index (χ1v) is 4.41. The van der Waals surface area contributed by atoms with Crippen LogP contribution in [-0.2, 0) is 19.2 Å². The molecule has 0 heterocycles. The van der Waals surface area contributed by atoms with Crippen LogP contribution in [0.15, 0.2) is 0 Å². The molecule has 0 aromatic rings. The summed E-state index contributed by atoms with van der Waals surface area (Å²) in [4.78, 5) is 38.7. The van der Waals surface area contributed by atoms with E-state index in [-0.39, 0.29) is 59.1 Å². The first kappa shape index (κ1) is 28.9. The quantitative estimate of drug-likeness (QED) is 0.288. The Hall–Kier alpha value is -0.240. The molecule has 0 aromatic heterocycles. The number of carbonyl (C=O) groups is 4. The average molecular weight is 328 g/mol. The van der Waals surface area contributed by atoms with Crippen molar-refractivity contribution in [2.75, 3.05) is 0 Å². The van der Waals surface area contributed by atoms with Gasteiger partial charge in [0.15, 0.2) is 12.2 Å². The normalized spacial score (nSPS) is 12.9. The number of aliphatic carboxylic acids is 4. The fourth-order valence-electron chi connectivity index (χ4n) is 0.511. The molecule has 0 spiro atoms. The molecule has 3 unspecified atom stereocenters. The van der Waals surface area contributed by atoms with Gasteiger partial charge >= 0.3 is 71.1 Å². The van der Waals surface area contributed by atoms with Gasteiger partial charge in [-0.25, -0.2) is 9.59 Å². The Morgan fingerprint density at radius 2 is 1.10 bits per heavy atom. The predicted molar refractivity (Wildman–Crippen MR) is 47.9 cm³/mol. The van der Waals surface area contributed by atoms with Crippen LogP contribution in [0, 0.1) is 0 Å². The summed E-state index contributed by atoms with van der Waals surface area (Å²) in [6.07, 6.45) is -7.42. The second kappa shape index (κ2) is 14.7. The molecule has 110 valence electrons. The third-order valence-corrected chi connectivity index (χ3v) is 1.44. The average Bonchev–Trinajstić information content (AvgIpc) is 2.26. The van der Waals surface area contributed by atoms with E-state index in [1.54, 1.807) is 0 Å². The summed E-state index contributed by atoms with van der Waals surface area (Å²) < 4.78 is 0. The van der Waals surface area contributed by atoms with E-state index in [9.17, 15) is 29.4 Å². The number of carboxylic acids is 4. The van der Waals surface area contributed by atoms with Crippen molar-refractivity contribution in [2.24, 2.45) is 0 Å². The van der Waals surface area contributed by atoms with Crippen LogP contribution in [0.5, 0.6) is 0 Å². The third kappa shape index (κ3) is 16.0. The Balaban J connectivity index is -0.000000126. The maximum absolute atomic E-state index is 9.77. The first-order valence-electron chi connectivity index (χ1n) is 4.41. The Kier molecular flexibility index (Phi) is 20.2. The van der Waals surface area contributed by atoms with E-state index in [4.69, 9.17) is 25.5 Å². The second-order valence-electron chi connectivity index (χ2n) is 2.98. The molecule has 0 amide bonds. The SMILES string of the molecule is O=C(O)C(O)C(O)C(=O)O.O=C([O-])CC(O)C(=O)[O-].[Na+].[Na+]. The summed E-state index contributed by atoms with van der Waals surface area (Å²) in [5.41, 5.74) is 0. The summed E-state index contributed by atoms with van der Waals surface area (Å²) in [6, 6.07) is 0. The molecule has 0 radical (unpaired) electrons. The van der Waals surface area contributed by atoms with E-state index in [2.05, 4.69) is 0 Å². The van der Waals surface area contributed by atoms with E-state index in [1.165, 1.54) is 0 Å². The number of hydrogen-bond acceptors (Lipinski definition) is 9. The van der Waals surface area contributed by atoms with Crippen molar-refractivity contribution in [2.45, 2.75) is 24.7 Å². The number of aliphatic hydroxyl groups excluding tert-OH is 3. The second-order valence-corrected chi connectivity index (χ2v) is 2.98. The van der Waals surface area contributed by atoms with Crippen molar-refractivity contribution in [1.82, 2.24) is 0 Å². The van der Waals surface area contributed by atoms with Gasteiger partial charge in [-0.1, -0.05) is 0 Å². The van der Waals surface area contributed by atoms with Crippen LogP contribution in [0.4, 0.5) is 0 Å². The molecule has 21 heavy (non-hydrogen) atoms. The summed E-state index contributed by atoms with van der Waals surface area (Å²) in [5, 5.41) is 59.9. The van der Waals surface area contributed by atoms with Gasteiger partial charge in [0.1, 0.15) is 0 Å². The van der Waals surface area contributed by atoms with Gasteiger partial charge in [-0.3, -0.25) is 0 Å². The summed E-state index contributed by atoms with van der Waals surface area (Å²) in [7, 11) is 0. The maximum atomic E-state index is 9.77. The van der Waals surface area contributed by atoms with Gasteiger partial charge in [0.25, 0.3) is 0 Å². The standard InChI is InChI=1S/C4H6O6.C4H6O5.2Na/c5-1(3(7)8)2(6)4(9)10;5-2(4(8)9)1-3(6)7;;/h1-2,5-6H,(H,7,8)(H,9,10);2,5H,1H2,(H,6,7)(H,8,9);;/q;;2*+1/p-2. The molecule has 0 aliphatic rings. The van der Waals surface area contributed by atoms with Gasteiger partial charge in [-0.05, 0) is 0 Å². The van der Waals surface area contributed by atoms with E-state index in [1.807, 2.05) is 0 Å². The fourth-order valence-corrected chi connectivity index (χ4v) is 0.511. The molecule has 5 N–H and O–H groups in total. The van der Waals surface area contributed by atoms with Crippen molar-refractivity contribution in [3.63, 3.8) is 0 Å². The molecule has 0 aliphatic carbocycles. The van der Waals surface area contributed by atoms with Crippen LogP contribution >= 0.6 is 0 Å². The molecule has 3 atom stereocenters. The summed E-state index contributed by atoms with van der Waals surface area (Å²) >= 11 is 0. The van der Waals surface area contributed by atoms with Crippen LogP contribution in [0.2, 0.25) is 0 Å². The molecule has 0 aliphatic heterocycles. The minimum Gasteiger partial charge on any atom is -0.550 e. The zero-order chi connectivity index (χ0) is 15.7. The number of aliphatic hydroxyl groups is 3.